The van der Waals surface area contributed by atoms with E-state index in [9.17, 15) is 0 Å². The third-order valence-corrected chi connectivity index (χ3v) is 5.52. The van der Waals surface area contributed by atoms with E-state index in [1.54, 1.807) is 18.2 Å². The summed E-state index contributed by atoms with van der Waals surface area (Å²) in [7, 11) is 4.03. The van der Waals surface area contributed by atoms with Gasteiger partial charge in [-0.15, -0.1) is 12.4 Å². The number of hydrogen-bond donors (Lipinski definition) is 0. The number of ether oxygens (including phenoxy) is 1. The molecule has 4 rings (SSSR count). The number of nitrogens with zero attached hydrogens (tertiary/aromatic N) is 1. The molecule has 3 atom stereocenters. The number of benzene rings is 2. The van der Waals surface area contributed by atoms with E-state index in [-0.39, 0.29) is 12.4 Å². The Balaban J connectivity index is 0.00000156. The number of rotatable bonds is 3. The molecule has 2 aromatic carbocycles. The Morgan fingerprint density at radius 2 is 1.83 bits per heavy atom. The van der Waals surface area contributed by atoms with Crippen LogP contribution in [0.2, 0.25) is 0 Å². The Bertz CT molecular complexity index is 670. The van der Waals surface area contributed by atoms with Gasteiger partial charge in [0.05, 0.1) is 7.11 Å². The number of methoxy groups -OCH3 is 1. The van der Waals surface area contributed by atoms with Crippen LogP contribution in [-0.4, -0.2) is 25.1 Å². The minimum Gasteiger partial charge on any atom is -0.497 e. The molecule has 3 unspecified atom stereocenters. The predicted octanol–water partition coefficient (Wildman–Crippen LogP) is 4.28. The van der Waals surface area contributed by atoms with Crippen LogP contribution in [-0.2, 0) is 12.8 Å². The Hall–Kier alpha value is -1.51. The zero-order valence-electron chi connectivity index (χ0n) is 13.7. The molecule has 0 saturated carbocycles. The normalized spacial score (nSPS) is 25.6. The first-order valence-electron chi connectivity index (χ1n) is 8.19. The first kappa shape index (κ1) is 16.4. The van der Waals surface area contributed by atoms with Gasteiger partial charge in [-0.2, -0.15) is 0 Å². The summed E-state index contributed by atoms with van der Waals surface area (Å²) in [6.07, 6.45) is 3.70. The summed E-state index contributed by atoms with van der Waals surface area (Å²) in [6, 6.07) is 18.8. The van der Waals surface area contributed by atoms with E-state index in [2.05, 4.69) is 60.5 Å². The van der Waals surface area contributed by atoms with Crippen molar-refractivity contribution in [3.05, 3.63) is 65.2 Å². The summed E-state index contributed by atoms with van der Waals surface area (Å²) in [4.78, 5) is 2.61. The van der Waals surface area contributed by atoms with Crippen LogP contribution in [0, 0.1) is 5.92 Å². The van der Waals surface area contributed by atoms with E-state index < -0.39 is 0 Å². The van der Waals surface area contributed by atoms with Crippen LogP contribution in [0.15, 0.2) is 48.5 Å². The zero-order valence-corrected chi connectivity index (χ0v) is 14.6. The topological polar surface area (TPSA) is 12.5 Å². The van der Waals surface area contributed by atoms with Crippen molar-refractivity contribution in [1.29, 1.82) is 0 Å². The molecule has 2 nitrogen and oxygen atoms in total. The molecule has 1 aliphatic carbocycles. The molecule has 1 aliphatic heterocycles. The van der Waals surface area contributed by atoms with Crippen molar-refractivity contribution in [2.75, 3.05) is 14.2 Å². The maximum atomic E-state index is 5.25. The van der Waals surface area contributed by atoms with E-state index in [1.807, 2.05) is 0 Å². The number of fused-ring (bicyclic) bond motifs is 3. The number of likely N-dealkylation sites (N-methyl/N-ethyl adjacent to an activating group) is 1. The van der Waals surface area contributed by atoms with Gasteiger partial charge in [-0.1, -0.05) is 36.4 Å². The first-order valence-corrected chi connectivity index (χ1v) is 8.19. The van der Waals surface area contributed by atoms with E-state index in [0.29, 0.717) is 12.1 Å². The van der Waals surface area contributed by atoms with Crippen molar-refractivity contribution in [2.24, 2.45) is 5.92 Å². The number of halogens is 1. The van der Waals surface area contributed by atoms with Gasteiger partial charge in [0, 0.05) is 12.1 Å². The Morgan fingerprint density at radius 1 is 1.09 bits per heavy atom. The fraction of sp³-hybridized carbons (Fsp3) is 0.400. The number of likely N-dealkylation sites (tertiary alicyclic amines) is 1. The quantitative estimate of drug-likeness (QED) is 0.833. The smallest absolute Gasteiger partial charge is 0.118 e. The summed E-state index contributed by atoms with van der Waals surface area (Å²) < 4.78 is 5.25. The standard InChI is InChI=1S/C20H23NO.ClH/c1-21-17(11-14-7-9-18(22-2)10-8-14)13-16-12-15-5-3-4-6-19(15)20(16)21;/h3-10,16-17,20H,11-13H2,1-2H3;1H. The van der Waals surface area contributed by atoms with Gasteiger partial charge in [-0.05, 0) is 61.1 Å². The molecule has 0 aromatic heterocycles. The molecule has 122 valence electrons. The van der Waals surface area contributed by atoms with Gasteiger partial charge in [-0.25, -0.2) is 0 Å². The predicted molar refractivity (Wildman–Crippen MR) is 96.5 cm³/mol. The van der Waals surface area contributed by atoms with Gasteiger partial charge < -0.3 is 4.74 Å². The minimum atomic E-state index is 0. The van der Waals surface area contributed by atoms with Gasteiger partial charge in [0.15, 0.2) is 0 Å². The first-order chi connectivity index (χ1) is 10.8. The molecule has 3 heteroatoms. The van der Waals surface area contributed by atoms with E-state index in [1.165, 1.54) is 18.4 Å². The van der Waals surface area contributed by atoms with Crippen LogP contribution in [0.1, 0.15) is 29.2 Å². The van der Waals surface area contributed by atoms with Gasteiger partial charge in [0.1, 0.15) is 5.75 Å². The van der Waals surface area contributed by atoms with Crippen molar-refractivity contribution in [3.63, 3.8) is 0 Å². The third kappa shape index (κ3) is 2.86. The second kappa shape index (κ2) is 6.54. The SMILES string of the molecule is COc1ccc(CC2CC3Cc4ccccc4C3N2C)cc1.Cl. The molecule has 0 bridgehead atoms. The largest absolute Gasteiger partial charge is 0.497 e. The number of hydrogen-bond acceptors (Lipinski definition) is 2. The van der Waals surface area contributed by atoms with Crippen molar-refractivity contribution in [1.82, 2.24) is 4.90 Å². The van der Waals surface area contributed by atoms with Crippen molar-refractivity contribution < 1.29 is 4.74 Å². The highest BCUT2D eigenvalue weighted by Crippen LogP contribution is 2.48. The van der Waals surface area contributed by atoms with Crippen LogP contribution in [0.3, 0.4) is 0 Å². The van der Waals surface area contributed by atoms with Crippen LogP contribution in [0.5, 0.6) is 5.75 Å². The maximum absolute atomic E-state index is 5.25. The van der Waals surface area contributed by atoms with Crippen LogP contribution in [0.4, 0.5) is 0 Å². The molecular weight excluding hydrogens is 306 g/mol. The van der Waals surface area contributed by atoms with Crippen LogP contribution < -0.4 is 4.74 Å². The Morgan fingerprint density at radius 3 is 2.57 bits per heavy atom. The average molecular weight is 330 g/mol. The van der Waals surface area contributed by atoms with Gasteiger partial charge in [0.2, 0.25) is 0 Å². The Labute approximate surface area is 144 Å². The lowest BCUT2D eigenvalue weighted by Gasteiger charge is -2.26. The van der Waals surface area contributed by atoms with Crippen molar-refractivity contribution in [3.8, 4) is 5.75 Å². The van der Waals surface area contributed by atoms with Gasteiger partial charge in [-0.3, -0.25) is 4.90 Å². The van der Waals surface area contributed by atoms with E-state index >= 15 is 0 Å². The fourth-order valence-electron chi connectivity index (χ4n) is 4.42. The van der Waals surface area contributed by atoms with E-state index in [0.717, 1.165) is 18.1 Å². The molecule has 0 N–H and O–H groups in total. The second-order valence-corrected chi connectivity index (χ2v) is 6.72. The monoisotopic (exact) mass is 329 g/mol. The molecule has 0 radical (unpaired) electrons. The fourth-order valence-corrected chi connectivity index (χ4v) is 4.42. The highest BCUT2D eigenvalue weighted by Gasteiger charge is 2.44. The molecule has 1 saturated heterocycles. The van der Waals surface area contributed by atoms with Gasteiger partial charge >= 0.3 is 0 Å². The zero-order chi connectivity index (χ0) is 15.1. The van der Waals surface area contributed by atoms with Crippen molar-refractivity contribution >= 4 is 12.4 Å². The van der Waals surface area contributed by atoms with Gasteiger partial charge in [0.25, 0.3) is 0 Å². The molecule has 2 aromatic rings. The lowest BCUT2D eigenvalue weighted by molar-refractivity contribution is 0.233. The lowest BCUT2D eigenvalue weighted by atomic mass is 9.97. The molecule has 1 fully saturated rings. The second-order valence-electron chi connectivity index (χ2n) is 6.72. The highest BCUT2D eigenvalue weighted by atomic mass is 35.5. The summed E-state index contributed by atoms with van der Waals surface area (Å²) in [5.74, 6) is 1.74. The molecule has 2 aliphatic rings. The average Bonchev–Trinajstić information content (AvgIpc) is 3.05. The highest BCUT2D eigenvalue weighted by molar-refractivity contribution is 5.85. The van der Waals surface area contributed by atoms with Crippen molar-refractivity contribution in [2.45, 2.75) is 31.3 Å². The molecule has 23 heavy (non-hydrogen) atoms. The molecule has 0 spiro atoms. The summed E-state index contributed by atoms with van der Waals surface area (Å²) in [5.41, 5.74) is 4.53. The summed E-state index contributed by atoms with van der Waals surface area (Å²) in [6.45, 7) is 0. The summed E-state index contributed by atoms with van der Waals surface area (Å²) in [5, 5.41) is 0. The van der Waals surface area contributed by atoms with Crippen LogP contribution in [0.25, 0.3) is 0 Å². The van der Waals surface area contributed by atoms with E-state index in [4.69, 9.17) is 4.74 Å². The summed E-state index contributed by atoms with van der Waals surface area (Å²) >= 11 is 0. The molecule has 1 heterocycles. The molecular formula is C20H24ClNO. The van der Waals surface area contributed by atoms with Crippen LogP contribution >= 0.6 is 12.4 Å². The Kier molecular flexibility index (Phi) is 4.65. The maximum Gasteiger partial charge on any atom is 0.118 e. The third-order valence-electron chi connectivity index (χ3n) is 5.52. The lowest BCUT2D eigenvalue weighted by Crippen LogP contribution is -2.29. The minimum absolute atomic E-state index is 0. The molecule has 0 amide bonds.